The van der Waals surface area contributed by atoms with Crippen LogP contribution < -0.4 is 14.8 Å². The molecule has 0 aliphatic rings. The summed E-state index contributed by atoms with van der Waals surface area (Å²) in [7, 11) is 0. The van der Waals surface area contributed by atoms with E-state index in [2.05, 4.69) is 15.0 Å². The van der Waals surface area contributed by atoms with E-state index >= 15 is 0 Å². The minimum atomic E-state index is -0.651. The van der Waals surface area contributed by atoms with Crippen molar-refractivity contribution in [2.75, 3.05) is 0 Å². The molecule has 0 saturated carbocycles. The molecule has 0 fully saturated rings. The minimum absolute atomic E-state index is 0.0610. The highest BCUT2D eigenvalue weighted by Gasteiger charge is 2.12. The third kappa shape index (κ3) is 4.85. The number of aromatic nitrogens is 1. The molecule has 0 atom stereocenters. The molecule has 2 aromatic heterocycles. The van der Waals surface area contributed by atoms with E-state index in [1.807, 2.05) is 6.07 Å². The third-order valence-corrected chi connectivity index (χ3v) is 3.68. The van der Waals surface area contributed by atoms with Crippen molar-refractivity contribution in [2.24, 2.45) is 0 Å². The summed E-state index contributed by atoms with van der Waals surface area (Å²) in [5, 5.41) is 2.16. The lowest BCUT2D eigenvalue weighted by atomic mass is 10.3. The second kappa shape index (κ2) is 8.02. The second-order valence-electron chi connectivity index (χ2n) is 4.71. The number of furan rings is 1. The van der Waals surface area contributed by atoms with Gasteiger partial charge in [-0.3, -0.25) is 14.8 Å². The number of amides is 3. The van der Waals surface area contributed by atoms with Gasteiger partial charge in [0.15, 0.2) is 5.76 Å². The number of urea groups is 1. The van der Waals surface area contributed by atoms with Gasteiger partial charge in [-0.05, 0) is 48.3 Å². The van der Waals surface area contributed by atoms with Gasteiger partial charge < -0.3 is 9.15 Å². The van der Waals surface area contributed by atoms with Crippen molar-refractivity contribution in [3.8, 4) is 11.6 Å². The van der Waals surface area contributed by atoms with E-state index in [4.69, 9.17) is 9.15 Å². The summed E-state index contributed by atoms with van der Waals surface area (Å²) in [5.41, 5.74) is 0. The minimum Gasteiger partial charge on any atom is -0.459 e. The van der Waals surface area contributed by atoms with Crippen molar-refractivity contribution >= 4 is 23.9 Å². The third-order valence-electron chi connectivity index (χ3n) is 2.90. The number of imide groups is 1. The summed E-state index contributed by atoms with van der Waals surface area (Å²) in [6, 6.07) is 14.8. The number of carbonyl (C=O) groups is 2. The largest absolute Gasteiger partial charge is 0.459 e. The summed E-state index contributed by atoms with van der Waals surface area (Å²) >= 11 is 1.05. The number of benzene rings is 1. The molecule has 0 saturated heterocycles. The van der Waals surface area contributed by atoms with E-state index in [0.29, 0.717) is 11.6 Å². The van der Waals surface area contributed by atoms with Crippen LogP contribution in [0.3, 0.4) is 0 Å². The van der Waals surface area contributed by atoms with E-state index in [1.54, 1.807) is 48.7 Å². The number of pyridine rings is 1. The van der Waals surface area contributed by atoms with Gasteiger partial charge in [0.25, 0.3) is 5.91 Å². The molecule has 0 aliphatic carbocycles. The topological polar surface area (TPSA) is 93.5 Å². The van der Waals surface area contributed by atoms with Gasteiger partial charge in [0.2, 0.25) is 5.88 Å². The molecule has 3 aromatic rings. The summed E-state index contributed by atoms with van der Waals surface area (Å²) in [6.45, 7) is 0. The number of carbonyl (C=O) groups excluding carboxylic acids is 2. The number of hydrogen-bond acceptors (Lipinski definition) is 6. The zero-order valence-electron chi connectivity index (χ0n) is 12.8. The maximum absolute atomic E-state index is 11.8. The van der Waals surface area contributed by atoms with Crippen molar-refractivity contribution in [3.05, 3.63) is 72.8 Å². The lowest BCUT2D eigenvalue weighted by Gasteiger charge is -2.07. The van der Waals surface area contributed by atoms with E-state index in [0.717, 1.165) is 16.8 Å². The van der Waals surface area contributed by atoms with Crippen LogP contribution in [0.25, 0.3) is 0 Å². The molecule has 2 heterocycles. The summed E-state index contributed by atoms with van der Waals surface area (Å²) in [4.78, 5) is 28.2. The van der Waals surface area contributed by atoms with Gasteiger partial charge >= 0.3 is 6.03 Å². The van der Waals surface area contributed by atoms with E-state index in [-0.39, 0.29) is 5.76 Å². The average Bonchev–Trinajstić information content (AvgIpc) is 3.16. The lowest BCUT2D eigenvalue weighted by molar-refractivity contribution is 0.0938. The van der Waals surface area contributed by atoms with Crippen LogP contribution in [0.4, 0.5) is 4.79 Å². The van der Waals surface area contributed by atoms with Gasteiger partial charge in [-0.1, -0.05) is 12.1 Å². The number of nitrogens with one attached hydrogen (secondary N) is 2. The van der Waals surface area contributed by atoms with Gasteiger partial charge in [0.1, 0.15) is 5.75 Å². The fourth-order valence-corrected chi connectivity index (χ4v) is 2.42. The first-order valence-electron chi connectivity index (χ1n) is 7.21. The molecule has 7 nitrogen and oxygen atoms in total. The Balaban J connectivity index is 1.53. The number of ether oxygens (including phenoxy) is 1. The Labute approximate surface area is 147 Å². The monoisotopic (exact) mass is 355 g/mol. The maximum atomic E-state index is 11.8. The molecule has 0 aliphatic heterocycles. The molecule has 0 unspecified atom stereocenters. The first kappa shape index (κ1) is 16.6. The first-order chi connectivity index (χ1) is 12.2. The van der Waals surface area contributed by atoms with E-state index in [1.165, 1.54) is 12.3 Å². The van der Waals surface area contributed by atoms with Crippen molar-refractivity contribution in [1.82, 2.24) is 15.0 Å². The lowest BCUT2D eigenvalue weighted by Crippen LogP contribution is -2.36. The van der Waals surface area contributed by atoms with Gasteiger partial charge in [0, 0.05) is 17.2 Å². The SMILES string of the molecule is O=C(NSc1cccc(Oc2ccccn2)c1)NC(=O)c1ccco1. The predicted octanol–water partition coefficient (Wildman–Crippen LogP) is 3.61. The Kier molecular flexibility index (Phi) is 5.32. The predicted molar refractivity (Wildman–Crippen MR) is 91.3 cm³/mol. The highest BCUT2D eigenvalue weighted by molar-refractivity contribution is 7.98. The van der Waals surface area contributed by atoms with Gasteiger partial charge in [-0.2, -0.15) is 0 Å². The Morgan fingerprint density at radius 2 is 2.00 bits per heavy atom. The molecule has 0 bridgehead atoms. The molecule has 25 heavy (non-hydrogen) atoms. The normalized spacial score (nSPS) is 10.1. The van der Waals surface area contributed by atoms with Crippen LogP contribution >= 0.6 is 11.9 Å². The van der Waals surface area contributed by atoms with Crippen LogP contribution in [0.2, 0.25) is 0 Å². The molecule has 2 N–H and O–H groups in total. The van der Waals surface area contributed by atoms with Crippen LogP contribution in [0.15, 0.2) is 76.4 Å². The molecular formula is C17H13N3O4S. The van der Waals surface area contributed by atoms with Crippen molar-refractivity contribution in [2.45, 2.75) is 4.90 Å². The fourth-order valence-electron chi connectivity index (χ4n) is 1.83. The Hall–Kier alpha value is -3.26. The van der Waals surface area contributed by atoms with E-state index < -0.39 is 11.9 Å². The van der Waals surface area contributed by atoms with Crippen molar-refractivity contribution < 1.29 is 18.7 Å². The molecule has 1 aromatic carbocycles. The van der Waals surface area contributed by atoms with Crippen molar-refractivity contribution in [1.29, 1.82) is 0 Å². The fraction of sp³-hybridized carbons (Fsp3) is 0. The van der Waals surface area contributed by atoms with Crippen molar-refractivity contribution in [3.63, 3.8) is 0 Å². The average molecular weight is 355 g/mol. The Morgan fingerprint density at radius 3 is 2.76 bits per heavy atom. The summed E-state index contributed by atoms with van der Waals surface area (Å²) < 4.78 is 13.0. The van der Waals surface area contributed by atoms with Crippen LogP contribution in [0, 0.1) is 0 Å². The molecule has 0 radical (unpaired) electrons. The molecule has 3 rings (SSSR count). The molecule has 126 valence electrons. The molecular weight excluding hydrogens is 342 g/mol. The van der Waals surface area contributed by atoms with Crippen LogP contribution in [0.5, 0.6) is 11.6 Å². The highest BCUT2D eigenvalue weighted by Crippen LogP contribution is 2.24. The van der Waals surface area contributed by atoms with Crippen LogP contribution in [-0.4, -0.2) is 16.9 Å². The smallest absolute Gasteiger partial charge is 0.332 e. The first-order valence-corrected chi connectivity index (χ1v) is 8.03. The standard InChI is InChI=1S/C17H13N3O4S/c21-16(14-7-4-10-23-14)19-17(22)20-25-13-6-3-5-12(11-13)24-15-8-1-2-9-18-15/h1-11H,(H2,19,20,21,22). The number of hydrogen-bond donors (Lipinski definition) is 2. The summed E-state index contributed by atoms with van der Waals surface area (Å²) in [6.07, 6.45) is 2.99. The summed E-state index contributed by atoms with van der Waals surface area (Å²) in [5.74, 6) is 0.498. The zero-order chi connectivity index (χ0) is 17.5. The van der Waals surface area contributed by atoms with Crippen LogP contribution in [0.1, 0.15) is 10.6 Å². The zero-order valence-corrected chi connectivity index (χ0v) is 13.7. The van der Waals surface area contributed by atoms with Gasteiger partial charge in [0.05, 0.1) is 6.26 Å². The van der Waals surface area contributed by atoms with Gasteiger partial charge in [-0.15, -0.1) is 0 Å². The second-order valence-corrected chi connectivity index (χ2v) is 5.59. The molecule has 8 heteroatoms. The number of nitrogens with zero attached hydrogens (tertiary/aromatic N) is 1. The Morgan fingerprint density at radius 1 is 1.08 bits per heavy atom. The van der Waals surface area contributed by atoms with Crippen LogP contribution in [-0.2, 0) is 0 Å². The van der Waals surface area contributed by atoms with Gasteiger partial charge in [-0.25, -0.2) is 9.78 Å². The quantitative estimate of drug-likeness (QED) is 0.679. The van der Waals surface area contributed by atoms with E-state index in [9.17, 15) is 9.59 Å². The highest BCUT2D eigenvalue weighted by atomic mass is 32.2. The number of rotatable bonds is 5. The molecule has 0 spiro atoms. The molecule has 3 amide bonds. The Bertz CT molecular complexity index is 853. The maximum Gasteiger partial charge on any atom is 0.332 e.